The van der Waals surface area contributed by atoms with Crippen molar-refractivity contribution in [2.45, 2.75) is 64.5 Å². The number of rotatable bonds is 12. The van der Waals surface area contributed by atoms with Gasteiger partial charge in [-0.1, -0.05) is 38.3 Å². The van der Waals surface area contributed by atoms with Gasteiger partial charge in [-0.25, -0.2) is 9.18 Å². The molecule has 0 radical (unpaired) electrons. The Kier molecular flexibility index (Phi) is 10.3. The Labute approximate surface area is 194 Å². The zero-order chi connectivity index (χ0) is 24.3. The van der Waals surface area contributed by atoms with Gasteiger partial charge >= 0.3 is 5.97 Å². The number of carboxylic acid groups (broad SMARTS) is 1. The number of ether oxygens (including phenoxy) is 1. The normalized spacial score (nSPS) is 16.5. The zero-order valence-corrected chi connectivity index (χ0v) is 19.3. The number of allylic oxidation sites excluding steroid dienone is 3. The fourth-order valence-corrected chi connectivity index (χ4v) is 4.01. The van der Waals surface area contributed by atoms with Crippen LogP contribution in [0, 0.1) is 5.82 Å². The van der Waals surface area contributed by atoms with Gasteiger partial charge in [0.25, 0.3) is 5.91 Å². The Balaban J connectivity index is 2.12. The van der Waals surface area contributed by atoms with E-state index in [1.165, 1.54) is 12.1 Å². The molecule has 1 fully saturated rings. The maximum atomic E-state index is 13.1. The standard InChI is InChI=1S/C25H33FN2O5/c1-3-22(27-14-19-7-9-21(26)10-8-19)18(2)13-20(15-29)24(32)28-25(11-5-4-6-12-25)17-33-16-23(30)31/h7-10,13,15,27H,3-6,11-12,14,16-17H2,1-2H3,(H,28,32)(H,30,31)/b20-13+,22-18-. The second-order valence-corrected chi connectivity index (χ2v) is 8.39. The molecule has 180 valence electrons. The molecule has 0 aliphatic heterocycles. The first kappa shape index (κ1) is 26.3. The van der Waals surface area contributed by atoms with Crippen LogP contribution in [0.1, 0.15) is 57.9 Å². The van der Waals surface area contributed by atoms with E-state index >= 15 is 0 Å². The van der Waals surface area contributed by atoms with E-state index in [0.29, 0.717) is 32.1 Å². The lowest BCUT2D eigenvalue weighted by Crippen LogP contribution is -2.53. The Morgan fingerprint density at radius 2 is 1.85 bits per heavy atom. The van der Waals surface area contributed by atoms with Gasteiger partial charge in [0.05, 0.1) is 17.7 Å². The van der Waals surface area contributed by atoms with Gasteiger partial charge in [-0.15, -0.1) is 0 Å². The van der Waals surface area contributed by atoms with Crippen LogP contribution < -0.4 is 10.6 Å². The minimum absolute atomic E-state index is 0.00906. The monoisotopic (exact) mass is 460 g/mol. The van der Waals surface area contributed by atoms with Crippen LogP contribution >= 0.6 is 0 Å². The lowest BCUT2D eigenvalue weighted by molar-refractivity contribution is -0.143. The molecular weight excluding hydrogens is 427 g/mol. The largest absolute Gasteiger partial charge is 0.480 e. The van der Waals surface area contributed by atoms with Crippen molar-refractivity contribution in [2.24, 2.45) is 0 Å². The summed E-state index contributed by atoms with van der Waals surface area (Å²) in [6, 6.07) is 6.19. The number of aldehydes is 1. The fraction of sp³-hybridized carbons (Fsp3) is 0.480. The summed E-state index contributed by atoms with van der Waals surface area (Å²) in [6.07, 6.45) is 6.89. The van der Waals surface area contributed by atoms with Crippen molar-refractivity contribution in [3.63, 3.8) is 0 Å². The molecule has 0 unspecified atom stereocenters. The van der Waals surface area contributed by atoms with Crippen LogP contribution in [0.2, 0.25) is 0 Å². The van der Waals surface area contributed by atoms with E-state index in [9.17, 15) is 18.8 Å². The molecule has 1 aromatic rings. The number of carbonyl (C=O) groups excluding carboxylic acids is 2. The molecule has 0 spiro atoms. The summed E-state index contributed by atoms with van der Waals surface area (Å²) in [7, 11) is 0. The molecule has 0 aromatic heterocycles. The van der Waals surface area contributed by atoms with Crippen molar-refractivity contribution >= 4 is 18.2 Å². The molecule has 1 aliphatic carbocycles. The Morgan fingerprint density at radius 3 is 2.42 bits per heavy atom. The van der Waals surface area contributed by atoms with E-state index in [2.05, 4.69) is 10.6 Å². The predicted molar refractivity (Wildman–Crippen MR) is 123 cm³/mol. The van der Waals surface area contributed by atoms with Crippen LogP contribution in [0.15, 0.2) is 47.2 Å². The Hall–Kier alpha value is -3.00. The maximum absolute atomic E-state index is 13.1. The molecule has 1 saturated carbocycles. The van der Waals surface area contributed by atoms with E-state index in [-0.39, 0.29) is 18.0 Å². The first-order valence-corrected chi connectivity index (χ1v) is 11.3. The molecule has 1 aromatic carbocycles. The van der Waals surface area contributed by atoms with Gasteiger partial charge in [0, 0.05) is 12.2 Å². The van der Waals surface area contributed by atoms with Crippen molar-refractivity contribution < 1.29 is 28.6 Å². The molecule has 8 heteroatoms. The van der Waals surface area contributed by atoms with Crippen LogP contribution in [-0.2, 0) is 25.7 Å². The number of benzene rings is 1. The average Bonchev–Trinajstić information content (AvgIpc) is 2.79. The third-order valence-corrected chi connectivity index (χ3v) is 5.80. The van der Waals surface area contributed by atoms with E-state index in [1.54, 1.807) is 18.2 Å². The second-order valence-electron chi connectivity index (χ2n) is 8.39. The van der Waals surface area contributed by atoms with Crippen LogP contribution in [0.3, 0.4) is 0 Å². The highest BCUT2D eigenvalue weighted by Gasteiger charge is 2.34. The summed E-state index contributed by atoms with van der Waals surface area (Å²) in [4.78, 5) is 35.5. The average molecular weight is 461 g/mol. The van der Waals surface area contributed by atoms with Crippen molar-refractivity contribution in [3.05, 3.63) is 58.6 Å². The van der Waals surface area contributed by atoms with Crippen LogP contribution in [-0.4, -0.2) is 42.0 Å². The summed E-state index contributed by atoms with van der Waals surface area (Å²) in [6.45, 7) is 3.92. The van der Waals surface area contributed by atoms with Crippen LogP contribution in [0.4, 0.5) is 4.39 Å². The predicted octanol–water partition coefficient (Wildman–Crippen LogP) is 3.64. The van der Waals surface area contributed by atoms with Crippen molar-refractivity contribution in [2.75, 3.05) is 13.2 Å². The number of amides is 1. The highest BCUT2D eigenvalue weighted by molar-refractivity contribution is 6.11. The van der Waals surface area contributed by atoms with Gasteiger partial charge in [0.2, 0.25) is 0 Å². The SMILES string of the molecule is CC/C(NCc1ccc(F)cc1)=C(C)/C=C(\C=O)C(=O)NC1(COCC(=O)O)CCCCC1. The Bertz CT molecular complexity index is 887. The van der Waals surface area contributed by atoms with E-state index in [4.69, 9.17) is 9.84 Å². The van der Waals surface area contributed by atoms with Gasteiger partial charge in [0.15, 0.2) is 6.29 Å². The second kappa shape index (κ2) is 12.9. The third kappa shape index (κ3) is 8.46. The lowest BCUT2D eigenvalue weighted by atomic mass is 9.82. The summed E-state index contributed by atoms with van der Waals surface area (Å²) in [5.41, 5.74) is 1.83. The molecule has 33 heavy (non-hydrogen) atoms. The number of halogens is 1. The molecule has 7 nitrogen and oxygen atoms in total. The van der Waals surface area contributed by atoms with Crippen molar-refractivity contribution in [3.8, 4) is 0 Å². The number of carboxylic acids is 1. The summed E-state index contributed by atoms with van der Waals surface area (Å²) >= 11 is 0. The minimum Gasteiger partial charge on any atom is -0.480 e. The lowest BCUT2D eigenvalue weighted by Gasteiger charge is -2.37. The third-order valence-electron chi connectivity index (χ3n) is 5.80. The van der Waals surface area contributed by atoms with Gasteiger partial charge in [-0.05, 0) is 55.5 Å². The van der Waals surface area contributed by atoms with Gasteiger partial charge in [-0.3, -0.25) is 9.59 Å². The molecule has 0 atom stereocenters. The number of aliphatic carboxylic acids is 1. The molecular formula is C25H33FN2O5. The molecule has 0 bridgehead atoms. The van der Waals surface area contributed by atoms with Crippen LogP contribution in [0.5, 0.6) is 0 Å². The van der Waals surface area contributed by atoms with Crippen molar-refractivity contribution in [1.82, 2.24) is 10.6 Å². The molecule has 1 aliphatic rings. The summed E-state index contributed by atoms with van der Waals surface area (Å²) in [5.74, 6) is -1.87. The minimum atomic E-state index is -1.07. The molecule has 3 N–H and O–H groups in total. The molecule has 0 heterocycles. The topological polar surface area (TPSA) is 105 Å². The first-order chi connectivity index (χ1) is 15.8. The van der Waals surface area contributed by atoms with Gasteiger partial charge in [0.1, 0.15) is 12.4 Å². The molecule has 2 rings (SSSR count). The number of nitrogens with one attached hydrogen (secondary N) is 2. The molecule has 1 amide bonds. The quantitative estimate of drug-likeness (QED) is 0.145. The zero-order valence-electron chi connectivity index (χ0n) is 19.3. The number of hydrogen-bond acceptors (Lipinski definition) is 5. The highest BCUT2D eigenvalue weighted by Crippen LogP contribution is 2.29. The summed E-state index contributed by atoms with van der Waals surface area (Å²) < 4.78 is 18.4. The Morgan fingerprint density at radius 1 is 1.18 bits per heavy atom. The number of hydrogen-bond donors (Lipinski definition) is 3. The maximum Gasteiger partial charge on any atom is 0.329 e. The van der Waals surface area contributed by atoms with E-state index in [1.807, 2.05) is 13.8 Å². The fourth-order valence-electron chi connectivity index (χ4n) is 4.01. The smallest absolute Gasteiger partial charge is 0.329 e. The van der Waals surface area contributed by atoms with Crippen LogP contribution in [0.25, 0.3) is 0 Å². The molecule has 0 saturated heterocycles. The van der Waals surface area contributed by atoms with E-state index < -0.39 is 24.0 Å². The van der Waals surface area contributed by atoms with E-state index in [0.717, 1.165) is 36.1 Å². The van der Waals surface area contributed by atoms with Gasteiger partial charge in [-0.2, -0.15) is 0 Å². The summed E-state index contributed by atoms with van der Waals surface area (Å²) in [5, 5.41) is 15.1. The van der Waals surface area contributed by atoms with Gasteiger partial charge < -0.3 is 20.5 Å². The highest BCUT2D eigenvalue weighted by atomic mass is 19.1. The number of carbonyl (C=O) groups is 3. The first-order valence-electron chi connectivity index (χ1n) is 11.3. The van der Waals surface area contributed by atoms with Crippen molar-refractivity contribution in [1.29, 1.82) is 0 Å².